The van der Waals surface area contributed by atoms with E-state index in [4.69, 9.17) is 11.6 Å². The average molecular weight is 271 g/mol. The van der Waals surface area contributed by atoms with Crippen LogP contribution in [0.25, 0.3) is 0 Å². The van der Waals surface area contributed by atoms with Crippen molar-refractivity contribution in [3.63, 3.8) is 0 Å². The molecule has 1 unspecified atom stereocenters. The number of hydrogen-bond donors (Lipinski definition) is 1. The van der Waals surface area contributed by atoms with E-state index in [1.54, 1.807) is 0 Å². The monoisotopic (exact) mass is 270 g/mol. The Bertz CT molecular complexity index is 378. The number of hydrogen-bond acceptors (Lipinski definition) is 1. The van der Waals surface area contributed by atoms with E-state index >= 15 is 0 Å². The molecule has 0 aliphatic rings. The fourth-order valence-electron chi connectivity index (χ4n) is 1.37. The predicted molar refractivity (Wildman–Crippen MR) is 56.4 cm³/mol. The maximum absolute atomic E-state index is 13.0. The number of aliphatic hydroxyl groups is 1. The van der Waals surface area contributed by atoms with E-state index in [2.05, 4.69) is 0 Å². The third kappa shape index (κ3) is 5.37. The topological polar surface area (TPSA) is 20.2 Å². The van der Waals surface area contributed by atoms with Crippen molar-refractivity contribution in [1.29, 1.82) is 0 Å². The predicted octanol–water partition coefficient (Wildman–Crippen LogP) is 3.73. The summed E-state index contributed by atoms with van der Waals surface area (Å²) >= 11 is 5.45. The SMILES string of the molecule is OC(CCC(F)(F)F)Cc1ccc(Cl)c(F)c1. The zero-order valence-electron chi connectivity index (χ0n) is 8.77. The number of alkyl halides is 3. The molecule has 17 heavy (non-hydrogen) atoms. The van der Waals surface area contributed by atoms with Crippen molar-refractivity contribution in [3.8, 4) is 0 Å². The Labute approximate surface area is 101 Å². The van der Waals surface area contributed by atoms with Crippen LogP contribution in [0.4, 0.5) is 17.6 Å². The first-order chi connectivity index (χ1) is 7.78. The molecule has 0 spiro atoms. The minimum atomic E-state index is -4.29. The van der Waals surface area contributed by atoms with Gasteiger partial charge < -0.3 is 5.11 Å². The van der Waals surface area contributed by atoms with Gasteiger partial charge in [-0.15, -0.1) is 0 Å². The van der Waals surface area contributed by atoms with Crippen LogP contribution in [0.2, 0.25) is 5.02 Å². The third-order valence-corrected chi connectivity index (χ3v) is 2.52. The molecule has 0 amide bonds. The van der Waals surface area contributed by atoms with Gasteiger partial charge in [-0.05, 0) is 30.5 Å². The quantitative estimate of drug-likeness (QED) is 0.827. The lowest BCUT2D eigenvalue weighted by Crippen LogP contribution is -2.16. The fourth-order valence-corrected chi connectivity index (χ4v) is 1.49. The van der Waals surface area contributed by atoms with Gasteiger partial charge in [-0.3, -0.25) is 0 Å². The number of aliphatic hydroxyl groups excluding tert-OH is 1. The zero-order valence-corrected chi connectivity index (χ0v) is 9.52. The van der Waals surface area contributed by atoms with Crippen molar-refractivity contribution in [2.45, 2.75) is 31.5 Å². The van der Waals surface area contributed by atoms with Crippen LogP contribution < -0.4 is 0 Å². The van der Waals surface area contributed by atoms with Gasteiger partial charge in [0.25, 0.3) is 0 Å². The normalized spacial score (nSPS) is 13.8. The maximum Gasteiger partial charge on any atom is 0.389 e. The molecule has 1 aromatic rings. The smallest absolute Gasteiger partial charge is 0.389 e. The summed E-state index contributed by atoms with van der Waals surface area (Å²) in [6.45, 7) is 0. The summed E-state index contributed by atoms with van der Waals surface area (Å²) in [7, 11) is 0. The van der Waals surface area contributed by atoms with E-state index in [0.717, 1.165) is 6.07 Å². The minimum absolute atomic E-state index is 0.0236. The summed E-state index contributed by atoms with van der Waals surface area (Å²) in [5.41, 5.74) is 0.418. The van der Waals surface area contributed by atoms with E-state index in [1.165, 1.54) is 12.1 Å². The number of halogens is 5. The Morgan fingerprint density at radius 1 is 1.29 bits per heavy atom. The van der Waals surface area contributed by atoms with Crippen molar-refractivity contribution >= 4 is 11.6 Å². The first-order valence-corrected chi connectivity index (χ1v) is 5.34. The summed E-state index contributed by atoms with van der Waals surface area (Å²) in [4.78, 5) is 0. The third-order valence-electron chi connectivity index (χ3n) is 2.22. The molecule has 1 atom stereocenters. The van der Waals surface area contributed by atoms with Crippen molar-refractivity contribution < 1.29 is 22.7 Å². The first-order valence-electron chi connectivity index (χ1n) is 4.96. The highest BCUT2D eigenvalue weighted by molar-refractivity contribution is 6.30. The molecule has 0 heterocycles. The van der Waals surface area contributed by atoms with Crippen molar-refractivity contribution in [3.05, 3.63) is 34.6 Å². The molecule has 0 saturated heterocycles. The molecule has 1 N–H and O–H groups in total. The highest BCUT2D eigenvalue weighted by Gasteiger charge is 2.27. The van der Waals surface area contributed by atoms with Gasteiger partial charge in [-0.2, -0.15) is 13.2 Å². The molecular weight excluding hydrogens is 260 g/mol. The number of benzene rings is 1. The van der Waals surface area contributed by atoms with Gasteiger partial charge in [0.1, 0.15) is 5.82 Å². The maximum atomic E-state index is 13.0. The van der Waals surface area contributed by atoms with Crippen molar-refractivity contribution in [1.82, 2.24) is 0 Å². The lowest BCUT2D eigenvalue weighted by molar-refractivity contribution is -0.139. The van der Waals surface area contributed by atoms with Crippen LogP contribution in [-0.2, 0) is 6.42 Å². The second kappa shape index (κ2) is 5.69. The van der Waals surface area contributed by atoms with Crippen LogP contribution in [0.5, 0.6) is 0 Å². The molecule has 0 saturated carbocycles. The van der Waals surface area contributed by atoms with Gasteiger partial charge in [0.05, 0.1) is 11.1 Å². The van der Waals surface area contributed by atoms with Crippen LogP contribution in [0.15, 0.2) is 18.2 Å². The largest absolute Gasteiger partial charge is 0.393 e. The van der Waals surface area contributed by atoms with Crippen molar-refractivity contribution in [2.75, 3.05) is 0 Å². The molecule has 96 valence electrons. The standard InChI is InChI=1S/C11H11ClF4O/c12-9-2-1-7(6-10(9)13)5-8(17)3-4-11(14,15)16/h1-2,6,8,17H,3-5H2. The number of rotatable bonds is 4. The molecule has 6 heteroatoms. The van der Waals surface area contributed by atoms with E-state index in [0.29, 0.717) is 5.56 Å². The Morgan fingerprint density at radius 3 is 2.47 bits per heavy atom. The molecule has 1 aromatic carbocycles. The molecule has 0 aliphatic heterocycles. The summed E-state index contributed by atoms with van der Waals surface area (Å²) in [5.74, 6) is -0.646. The Kier molecular flexibility index (Phi) is 4.77. The van der Waals surface area contributed by atoms with Crippen LogP contribution in [0.3, 0.4) is 0 Å². The second-order valence-electron chi connectivity index (χ2n) is 3.76. The van der Waals surface area contributed by atoms with Gasteiger partial charge in [0, 0.05) is 6.42 Å². The van der Waals surface area contributed by atoms with Crippen LogP contribution in [-0.4, -0.2) is 17.4 Å². The lowest BCUT2D eigenvalue weighted by atomic mass is 10.0. The lowest BCUT2D eigenvalue weighted by Gasteiger charge is -2.12. The van der Waals surface area contributed by atoms with Gasteiger partial charge >= 0.3 is 6.18 Å². The van der Waals surface area contributed by atoms with E-state index in [-0.39, 0.29) is 11.4 Å². The average Bonchev–Trinajstić information content (AvgIpc) is 2.20. The molecule has 0 radical (unpaired) electrons. The van der Waals surface area contributed by atoms with E-state index in [1.807, 2.05) is 0 Å². The molecule has 0 bridgehead atoms. The molecule has 1 rings (SSSR count). The Balaban J connectivity index is 2.50. The van der Waals surface area contributed by atoms with Gasteiger partial charge in [0.2, 0.25) is 0 Å². The van der Waals surface area contributed by atoms with E-state index < -0.39 is 30.9 Å². The minimum Gasteiger partial charge on any atom is -0.393 e. The van der Waals surface area contributed by atoms with Crippen LogP contribution in [0.1, 0.15) is 18.4 Å². The Morgan fingerprint density at radius 2 is 1.94 bits per heavy atom. The molecule has 0 aliphatic carbocycles. The molecule has 0 aromatic heterocycles. The highest BCUT2D eigenvalue weighted by Crippen LogP contribution is 2.23. The first kappa shape index (κ1) is 14.3. The fraction of sp³-hybridized carbons (Fsp3) is 0.455. The summed E-state index contributed by atoms with van der Waals surface area (Å²) in [6, 6.07) is 3.89. The van der Waals surface area contributed by atoms with Gasteiger partial charge in [0.15, 0.2) is 0 Å². The van der Waals surface area contributed by atoms with Crippen LogP contribution in [0, 0.1) is 5.82 Å². The summed E-state index contributed by atoms with van der Waals surface area (Å²) < 4.78 is 48.7. The molecule has 1 nitrogen and oxygen atoms in total. The Hall–Kier alpha value is -0.810. The highest BCUT2D eigenvalue weighted by atomic mass is 35.5. The second-order valence-corrected chi connectivity index (χ2v) is 4.17. The van der Waals surface area contributed by atoms with Gasteiger partial charge in [-0.1, -0.05) is 17.7 Å². The summed E-state index contributed by atoms with van der Waals surface area (Å²) in [6.07, 6.45) is -6.90. The van der Waals surface area contributed by atoms with E-state index in [9.17, 15) is 22.7 Å². The molecular formula is C11H11ClF4O. The molecule has 0 fully saturated rings. The zero-order chi connectivity index (χ0) is 13.1. The summed E-state index contributed by atoms with van der Waals surface area (Å²) in [5, 5.41) is 9.31. The van der Waals surface area contributed by atoms with Gasteiger partial charge in [-0.25, -0.2) is 4.39 Å². The van der Waals surface area contributed by atoms with Crippen LogP contribution >= 0.6 is 11.6 Å². The van der Waals surface area contributed by atoms with Crippen molar-refractivity contribution in [2.24, 2.45) is 0 Å².